The van der Waals surface area contributed by atoms with Gasteiger partial charge in [0.2, 0.25) is 0 Å². The van der Waals surface area contributed by atoms with Gasteiger partial charge in [0.1, 0.15) is 0 Å². The Labute approximate surface area is 199 Å². The molecule has 0 unspecified atom stereocenters. The first-order valence-corrected chi connectivity index (χ1v) is 11.3. The van der Waals surface area contributed by atoms with Gasteiger partial charge in [-0.15, -0.1) is 0 Å². The van der Waals surface area contributed by atoms with Crippen molar-refractivity contribution >= 4 is 11.9 Å². The SMILES string of the molecule is CCOC(=O)c1ccc(-c2cc(-c3ccccc3)cc(-c3ccc(C(=O)OCC)cc3)c2)cc1. The Balaban J connectivity index is 1.75. The Hall–Kier alpha value is -4.18. The first-order valence-electron chi connectivity index (χ1n) is 11.3. The van der Waals surface area contributed by atoms with Crippen LogP contribution in [0.3, 0.4) is 0 Å². The van der Waals surface area contributed by atoms with Crippen LogP contribution >= 0.6 is 0 Å². The highest BCUT2D eigenvalue weighted by Gasteiger charge is 2.11. The molecule has 170 valence electrons. The van der Waals surface area contributed by atoms with Gasteiger partial charge in [0.25, 0.3) is 0 Å². The third-order valence-corrected chi connectivity index (χ3v) is 5.50. The monoisotopic (exact) mass is 450 g/mol. The number of benzene rings is 4. The molecule has 34 heavy (non-hydrogen) atoms. The molecule has 0 heterocycles. The molecule has 0 amide bonds. The van der Waals surface area contributed by atoms with Crippen molar-refractivity contribution in [1.29, 1.82) is 0 Å². The molecular formula is C30H26O4. The normalized spacial score (nSPS) is 10.5. The van der Waals surface area contributed by atoms with E-state index in [9.17, 15) is 9.59 Å². The number of esters is 2. The molecule has 0 aliphatic carbocycles. The summed E-state index contributed by atoms with van der Waals surface area (Å²) >= 11 is 0. The molecule has 4 heteroatoms. The lowest BCUT2D eigenvalue weighted by Gasteiger charge is -2.12. The van der Waals surface area contributed by atoms with E-state index in [0.29, 0.717) is 24.3 Å². The standard InChI is InChI=1S/C30H26O4/c1-3-33-29(31)24-14-10-22(11-15-24)27-18-26(21-8-6-5-7-9-21)19-28(20-27)23-12-16-25(17-13-23)30(32)34-4-2/h5-20H,3-4H2,1-2H3. The summed E-state index contributed by atoms with van der Waals surface area (Å²) in [7, 11) is 0. The van der Waals surface area contributed by atoms with Crippen LogP contribution in [0.15, 0.2) is 97.1 Å². The minimum Gasteiger partial charge on any atom is -0.462 e. The molecule has 0 spiro atoms. The van der Waals surface area contributed by atoms with E-state index in [1.165, 1.54) is 0 Å². The maximum Gasteiger partial charge on any atom is 0.338 e. The van der Waals surface area contributed by atoms with Crippen LogP contribution in [0.1, 0.15) is 34.6 Å². The number of hydrogen-bond acceptors (Lipinski definition) is 4. The van der Waals surface area contributed by atoms with Gasteiger partial charge in [0.15, 0.2) is 0 Å². The molecule has 0 bridgehead atoms. The lowest BCUT2D eigenvalue weighted by Crippen LogP contribution is -2.04. The molecule has 0 aliphatic rings. The van der Waals surface area contributed by atoms with Crippen LogP contribution in [-0.2, 0) is 9.47 Å². The Bertz CT molecular complexity index is 1190. The number of hydrogen-bond donors (Lipinski definition) is 0. The first kappa shape index (κ1) is 23.0. The van der Waals surface area contributed by atoms with Crippen LogP contribution in [-0.4, -0.2) is 25.2 Å². The minimum atomic E-state index is -0.325. The summed E-state index contributed by atoms with van der Waals surface area (Å²) in [6.45, 7) is 4.28. The zero-order chi connectivity index (χ0) is 23.9. The zero-order valence-corrected chi connectivity index (χ0v) is 19.3. The maximum absolute atomic E-state index is 12.0. The van der Waals surface area contributed by atoms with Gasteiger partial charge in [-0.2, -0.15) is 0 Å². The molecule has 0 atom stereocenters. The Kier molecular flexibility index (Phi) is 7.19. The number of ether oxygens (including phenoxy) is 2. The molecule has 4 aromatic rings. The smallest absolute Gasteiger partial charge is 0.338 e. The van der Waals surface area contributed by atoms with E-state index in [-0.39, 0.29) is 11.9 Å². The van der Waals surface area contributed by atoms with E-state index < -0.39 is 0 Å². The van der Waals surface area contributed by atoms with Crippen molar-refractivity contribution in [3.63, 3.8) is 0 Å². The summed E-state index contributed by atoms with van der Waals surface area (Å²) < 4.78 is 10.2. The molecule has 0 saturated carbocycles. The van der Waals surface area contributed by atoms with Crippen molar-refractivity contribution in [1.82, 2.24) is 0 Å². The lowest BCUT2D eigenvalue weighted by atomic mass is 9.93. The molecule has 0 saturated heterocycles. The summed E-state index contributed by atoms with van der Waals surface area (Å²) in [5.41, 5.74) is 7.29. The molecule has 4 aromatic carbocycles. The minimum absolute atomic E-state index is 0.325. The van der Waals surface area contributed by atoms with E-state index in [0.717, 1.165) is 33.4 Å². The van der Waals surface area contributed by atoms with E-state index in [2.05, 4.69) is 30.3 Å². The molecule has 4 rings (SSSR count). The van der Waals surface area contributed by atoms with Crippen LogP contribution < -0.4 is 0 Å². The number of carbonyl (C=O) groups is 2. The Morgan fingerprint density at radius 2 is 0.853 bits per heavy atom. The average Bonchev–Trinajstić information content (AvgIpc) is 2.89. The van der Waals surface area contributed by atoms with Gasteiger partial charge >= 0.3 is 11.9 Å². The highest BCUT2D eigenvalue weighted by Crippen LogP contribution is 2.33. The predicted octanol–water partition coefficient (Wildman–Crippen LogP) is 7.04. The molecule has 4 nitrogen and oxygen atoms in total. The van der Waals surface area contributed by atoms with Gasteiger partial charge in [0, 0.05) is 0 Å². The van der Waals surface area contributed by atoms with Gasteiger partial charge in [-0.1, -0.05) is 54.6 Å². The van der Waals surface area contributed by atoms with Crippen LogP contribution in [0.25, 0.3) is 33.4 Å². The molecule has 0 fully saturated rings. The van der Waals surface area contributed by atoms with E-state index in [4.69, 9.17) is 9.47 Å². The van der Waals surface area contributed by atoms with Gasteiger partial charge in [-0.25, -0.2) is 9.59 Å². The quantitative estimate of drug-likeness (QED) is 0.283. The molecular weight excluding hydrogens is 424 g/mol. The van der Waals surface area contributed by atoms with E-state index in [1.54, 1.807) is 38.1 Å². The predicted molar refractivity (Wildman–Crippen MR) is 135 cm³/mol. The Morgan fingerprint density at radius 1 is 0.500 bits per heavy atom. The van der Waals surface area contributed by atoms with Crippen LogP contribution in [0, 0.1) is 0 Å². The highest BCUT2D eigenvalue weighted by molar-refractivity contribution is 5.91. The van der Waals surface area contributed by atoms with Gasteiger partial charge in [0.05, 0.1) is 24.3 Å². The largest absolute Gasteiger partial charge is 0.462 e. The number of carbonyl (C=O) groups excluding carboxylic acids is 2. The molecule has 0 aliphatic heterocycles. The zero-order valence-electron chi connectivity index (χ0n) is 19.3. The molecule has 0 N–H and O–H groups in total. The van der Waals surface area contributed by atoms with Crippen molar-refractivity contribution in [2.24, 2.45) is 0 Å². The highest BCUT2D eigenvalue weighted by atomic mass is 16.5. The fourth-order valence-electron chi connectivity index (χ4n) is 3.78. The van der Waals surface area contributed by atoms with Crippen LogP contribution in [0.5, 0.6) is 0 Å². The van der Waals surface area contributed by atoms with E-state index >= 15 is 0 Å². The summed E-state index contributed by atoms with van der Waals surface area (Å²) in [4.78, 5) is 24.1. The topological polar surface area (TPSA) is 52.6 Å². The van der Waals surface area contributed by atoms with Crippen molar-refractivity contribution in [2.45, 2.75) is 13.8 Å². The Morgan fingerprint density at radius 3 is 1.21 bits per heavy atom. The summed E-state index contributed by atoms with van der Waals surface area (Å²) in [5.74, 6) is -0.649. The second-order valence-corrected chi connectivity index (χ2v) is 7.76. The fourth-order valence-corrected chi connectivity index (χ4v) is 3.78. The number of rotatable bonds is 7. The summed E-state index contributed by atoms with van der Waals surface area (Å²) in [6.07, 6.45) is 0. The van der Waals surface area contributed by atoms with Crippen molar-refractivity contribution in [3.8, 4) is 33.4 Å². The van der Waals surface area contributed by atoms with Gasteiger partial charge in [-0.05, 0) is 89.7 Å². The van der Waals surface area contributed by atoms with Crippen LogP contribution in [0.4, 0.5) is 0 Å². The second-order valence-electron chi connectivity index (χ2n) is 7.76. The third kappa shape index (κ3) is 5.24. The molecule has 0 aromatic heterocycles. The van der Waals surface area contributed by atoms with Crippen molar-refractivity contribution < 1.29 is 19.1 Å². The van der Waals surface area contributed by atoms with Crippen molar-refractivity contribution in [3.05, 3.63) is 108 Å². The second kappa shape index (κ2) is 10.6. The lowest BCUT2D eigenvalue weighted by molar-refractivity contribution is 0.0517. The average molecular weight is 451 g/mol. The fraction of sp³-hybridized carbons (Fsp3) is 0.133. The summed E-state index contributed by atoms with van der Waals surface area (Å²) in [5, 5.41) is 0. The third-order valence-electron chi connectivity index (χ3n) is 5.50. The van der Waals surface area contributed by atoms with Crippen LogP contribution in [0.2, 0.25) is 0 Å². The van der Waals surface area contributed by atoms with E-state index in [1.807, 2.05) is 42.5 Å². The van der Waals surface area contributed by atoms with Gasteiger partial charge in [-0.3, -0.25) is 0 Å². The molecule has 0 radical (unpaired) electrons. The summed E-state index contributed by atoms with van der Waals surface area (Å²) in [6, 6.07) is 31.5. The van der Waals surface area contributed by atoms with Crippen molar-refractivity contribution in [2.75, 3.05) is 13.2 Å². The van der Waals surface area contributed by atoms with Gasteiger partial charge < -0.3 is 9.47 Å². The first-order chi connectivity index (χ1) is 16.6. The maximum atomic E-state index is 12.0.